The molecule has 3 aromatic rings. The van der Waals surface area contributed by atoms with Crippen molar-refractivity contribution in [3.63, 3.8) is 0 Å². The van der Waals surface area contributed by atoms with Gasteiger partial charge in [-0.2, -0.15) is 0 Å². The van der Waals surface area contributed by atoms with Gasteiger partial charge in [0.05, 0.1) is 22.5 Å². The van der Waals surface area contributed by atoms with E-state index in [2.05, 4.69) is 59.0 Å². The molecule has 7 nitrogen and oxygen atoms in total. The van der Waals surface area contributed by atoms with Crippen LogP contribution in [0.15, 0.2) is 48.5 Å². The zero-order chi connectivity index (χ0) is 27.4. The highest BCUT2D eigenvalue weighted by Crippen LogP contribution is 2.39. The molecule has 0 saturated carbocycles. The molecule has 0 unspecified atom stereocenters. The Kier molecular flexibility index (Phi) is 8.46. The molecule has 0 bridgehead atoms. The molecule has 0 fully saturated rings. The highest BCUT2D eigenvalue weighted by molar-refractivity contribution is 6.06. The number of nitro groups is 1. The normalized spacial score (nSPS) is 11.9. The molecule has 7 heteroatoms. The van der Waals surface area contributed by atoms with Crippen molar-refractivity contribution in [3.8, 4) is 11.5 Å². The van der Waals surface area contributed by atoms with Crippen LogP contribution >= 0.6 is 0 Å². The first kappa shape index (κ1) is 28.0. The molecule has 3 rings (SSSR count). The van der Waals surface area contributed by atoms with Gasteiger partial charge < -0.3 is 15.2 Å². The maximum atomic E-state index is 12.8. The minimum absolute atomic E-state index is 0.0499. The van der Waals surface area contributed by atoms with E-state index in [4.69, 9.17) is 4.74 Å². The minimum atomic E-state index is -0.565. The number of benzene rings is 3. The quantitative estimate of drug-likeness (QED) is 0.165. The van der Waals surface area contributed by atoms with Crippen LogP contribution in [-0.4, -0.2) is 29.1 Å². The Bertz CT molecular complexity index is 1300. The molecule has 198 valence electrons. The van der Waals surface area contributed by atoms with Crippen LogP contribution in [0, 0.1) is 10.1 Å². The first-order chi connectivity index (χ1) is 17.4. The number of rotatable bonds is 11. The average molecular weight is 507 g/mol. The van der Waals surface area contributed by atoms with Gasteiger partial charge in [0, 0.05) is 23.6 Å². The van der Waals surface area contributed by atoms with Crippen molar-refractivity contribution in [2.75, 3.05) is 13.2 Å². The van der Waals surface area contributed by atoms with Crippen LogP contribution in [0.4, 0.5) is 5.69 Å². The highest BCUT2D eigenvalue weighted by atomic mass is 16.6. The lowest BCUT2D eigenvalue weighted by molar-refractivity contribution is -0.383. The third-order valence-electron chi connectivity index (χ3n) is 7.56. The molecule has 3 aromatic carbocycles. The van der Waals surface area contributed by atoms with Crippen LogP contribution in [0.1, 0.15) is 82.3 Å². The molecular weight excluding hydrogens is 468 g/mol. The predicted molar refractivity (Wildman–Crippen MR) is 148 cm³/mol. The summed E-state index contributed by atoms with van der Waals surface area (Å²) in [6, 6.07) is 14.0. The van der Waals surface area contributed by atoms with Crippen molar-refractivity contribution in [3.05, 3.63) is 75.3 Å². The minimum Gasteiger partial charge on any atom is -0.506 e. The SMILES string of the molecule is CCC(C)(C)c1ccc(OCCCNC(=O)c2cc([N+](=O)[O-])c3ccccc3c2O)c(C(C)(C)CC)c1. The number of non-ortho nitro benzene ring substituents is 1. The Labute approximate surface area is 219 Å². The van der Waals surface area contributed by atoms with Gasteiger partial charge in [-0.05, 0) is 47.8 Å². The summed E-state index contributed by atoms with van der Waals surface area (Å²) in [7, 11) is 0. The fraction of sp³-hybridized carbons (Fsp3) is 0.433. The van der Waals surface area contributed by atoms with Gasteiger partial charge in [0.15, 0.2) is 0 Å². The smallest absolute Gasteiger partial charge is 0.278 e. The molecule has 0 aliphatic carbocycles. The largest absolute Gasteiger partial charge is 0.506 e. The summed E-state index contributed by atoms with van der Waals surface area (Å²) in [5, 5.41) is 25.4. The lowest BCUT2D eigenvalue weighted by atomic mass is 9.76. The Hall–Kier alpha value is -3.61. The maximum Gasteiger partial charge on any atom is 0.278 e. The average Bonchev–Trinajstić information content (AvgIpc) is 2.88. The van der Waals surface area contributed by atoms with Gasteiger partial charge in [-0.3, -0.25) is 14.9 Å². The van der Waals surface area contributed by atoms with Gasteiger partial charge in [0.2, 0.25) is 0 Å². The highest BCUT2D eigenvalue weighted by Gasteiger charge is 2.27. The van der Waals surface area contributed by atoms with Gasteiger partial charge in [0.1, 0.15) is 11.5 Å². The van der Waals surface area contributed by atoms with E-state index in [1.165, 1.54) is 11.1 Å². The van der Waals surface area contributed by atoms with Crippen molar-refractivity contribution in [1.29, 1.82) is 0 Å². The van der Waals surface area contributed by atoms with Crippen LogP contribution in [0.2, 0.25) is 0 Å². The number of carbonyl (C=O) groups excluding carboxylic acids is 1. The molecule has 0 aromatic heterocycles. The third kappa shape index (κ3) is 6.04. The first-order valence-corrected chi connectivity index (χ1v) is 12.9. The molecule has 0 heterocycles. The van der Waals surface area contributed by atoms with E-state index in [0.29, 0.717) is 19.6 Å². The van der Waals surface area contributed by atoms with E-state index in [1.54, 1.807) is 24.3 Å². The van der Waals surface area contributed by atoms with Crippen LogP contribution in [-0.2, 0) is 10.8 Å². The van der Waals surface area contributed by atoms with Gasteiger partial charge >= 0.3 is 0 Å². The number of nitro benzene ring substituents is 1. The number of fused-ring (bicyclic) bond motifs is 1. The summed E-state index contributed by atoms with van der Waals surface area (Å²) in [4.78, 5) is 23.7. The van der Waals surface area contributed by atoms with Crippen molar-refractivity contribution >= 4 is 22.4 Å². The van der Waals surface area contributed by atoms with E-state index in [1.807, 2.05) is 6.07 Å². The maximum absolute atomic E-state index is 12.8. The van der Waals surface area contributed by atoms with Gasteiger partial charge in [-0.1, -0.05) is 71.9 Å². The van der Waals surface area contributed by atoms with E-state index in [-0.39, 0.29) is 38.6 Å². The molecule has 0 radical (unpaired) electrons. The summed E-state index contributed by atoms with van der Waals surface area (Å²) in [5.41, 5.74) is 2.15. The topological polar surface area (TPSA) is 102 Å². The van der Waals surface area contributed by atoms with Crippen molar-refractivity contribution < 1.29 is 19.6 Å². The number of ether oxygens (including phenoxy) is 1. The molecule has 0 aliphatic heterocycles. The summed E-state index contributed by atoms with van der Waals surface area (Å²) in [5.74, 6) is 0.0124. The number of phenolic OH excluding ortho intramolecular Hbond substituents is 1. The van der Waals surface area contributed by atoms with Crippen LogP contribution < -0.4 is 10.1 Å². The fourth-order valence-corrected chi connectivity index (χ4v) is 4.22. The van der Waals surface area contributed by atoms with Crippen molar-refractivity contribution in [1.82, 2.24) is 5.32 Å². The summed E-state index contributed by atoms with van der Waals surface area (Å²) < 4.78 is 6.16. The number of hydrogen-bond acceptors (Lipinski definition) is 5. The zero-order valence-corrected chi connectivity index (χ0v) is 22.7. The predicted octanol–water partition coefficient (Wildman–Crippen LogP) is 7.03. The summed E-state index contributed by atoms with van der Waals surface area (Å²) in [6.07, 6.45) is 2.54. The lowest BCUT2D eigenvalue weighted by Crippen LogP contribution is -2.26. The second-order valence-corrected chi connectivity index (χ2v) is 10.7. The van der Waals surface area contributed by atoms with Crippen LogP contribution in [0.3, 0.4) is 0 Å². The molecule has 0 aliphatic rings. The van der Waals surface area contributed by atoms with E-state index < -0.39 is 10.8 Å². The molecule has 0 saturated heterocycles. The third-order valence-corrected chi connectivity index (χ3v) is 7.56. The van der Waals surface area contributed by atoms with Crippen LogP contribution in [0.5, 0.6) is 11.5 Å². The van der Waals surface area contributed by atoms with Gasteiger partial charge in [-0.15, -0.1) is 0 Å². The molecular formula is C30H38N2O5. The first-order valence-electron chi connectivity index (χ1n) is 12.9. The van der Waals surface area contributed by atoms with Crippen LogP contribution in [0.25, 0.3) is 10.8 Å². The monoisotopic (exact) mass is 506 g/mol. The fourth-order valence-electron chi connectivity index (χ4n) is 4.22. The molecule has 2 N–H and O–H groups in total. The lowest BCUT2D eigenvalue weighted by Gasteiger charge is -2.30. The van der Waals surface area contributed by atoms with Gasteiger partial charge in [-0.25, -0.2) is 0 Å². The Balaban J connectivity index is 1.69. The number of amides is 1. The second-order valence-electron chi connectivity index (χ2n) is 10.7. The molecule has 0 atom stereocenters. The molecule has 37 heavy (non-hydrogen) atoms. The number of phenols is 1. The number of nitrogens with zero attached hydrogens (tertiary/aromatic N) is 1. The Morgan fingerprint density at radius 3 is 2.27 bits per heavy atom. The Morgan fingerprint density at radius 1 is 1.00 bits per heavy atom. The standard InChI is InChI=1S/C30H38N2O5/c1-7-29(3,4)20-14-15-26(24(18-20)30(5,6)8-2)37-17-11-16-31-28(34)23-19-25(32(35)36)21-12-9-10-13-22(21)27(23)33/h9-10,12-15,18-19,33H,7-8,11,16-17H2,1-6H3,(H,31,34). The van der Waals surface area contributed by atoms with E-state index in [9.17, 15) is 20.0 Å². The van der Waals surface area contributed by atoms with Crippen molar-refractivity contribution in [2.45, 2.75) is 71.6 Å². The zero-order valence-electron chi connectivity index (χ0n) is 22.7. The Morgan fingerprint density at radius 2 is 1.65 bits per heavy atom. The number of hydrogen-bond donors (Lipinski definition) is 2. The number of aromatic hydroxyl groups is 1. The second kappa shape index (κ2) is 11.2. The molecule has 0 spiro atoms. The summed E-state index contributed by atoms with van der Waals surface area (Å²) in [6.45, 7) is 14.0. The van der Waals surface area contributed by atoms with Crippen molar-refractivity contribution in [2.24, 2.45) is 0 Å². The van der Waals surface area contributed by atoms with Gasteiger partial charge in [0.25, 0.3) is 11.6 Å². The number of carbonyl (C=O) groups is 1. The van der Waals surface area contributed by atoms with E-state index in [0.717, 1.165) is 24.7 Å². The summed E-state index contributed by atoms with van der Waals surface area (Å²) >= 11 is 0. The number of nitrogens with one attached hydrogen (secondary N) is 1. The van der Waals surface area contributed by atoms with E-state index >= 15 is 0 Å². The molecule has 1 amide bonds.